The van der Waals surface area contributed by atoms with Gasteiger partial charge >= 0.3 is 0 Å². The zero-order valence-electron chi connectivity index (χ0n) is 4.48. The molecule has 1 amide bonds. The molecule has 0 bridgehead atoms. The smallest absolute Gasteiger partial charge is 0.217 e. The van der Waals surface area contributed by atoms with E-state index in [0.717, 1.165) is 3.58 Å². The average Bonchev–Trinajstić information content (AvgIpc) is 1.61. The Balaban J connectivity index is 3.18. The average molecular weight is 225 g/mol. The number of hydrogen-bond donors (Lipinski definition) is 1. The predicted octanol–water partition coefficient (Wildman–Crippen LogP) is 1.20. The van der Waals surface area contributed by atoms with E-state index in [1.54, 1.807) is 0 Å². The van der Waals surface area contributed by atoms with Crippen LogP contribution in [0.1, 0.15) is 12.8 Å². The van der Waals surface area contributed by atoms with Crippen molar-refractivity contribution < 1.29 is 4.79 Å². The summed E-state index contributed by atoms with van der Waals surface area (Å²) in [5, 5.41) is 0. The van der Waals surface area contributed by atoms with Gasteiger partial charge in [0.2, 0.25) is 5.91 Å². The minimum absolute atomic E-state index is 0.261. The van der Waals surface area contributed by atoms with Gasteiger partial charge in [-0.3, -0.25) is 4.79 Å². The Morgan fingerprint density at radius 2 is 2.12 bits per heavy atom. The number of primary amides is 1. The van der Waals surface area contributed by atoms with E-state index in [2.05, 4.69) is 29.2 Å². The molecule has 0 aromatic rings. The molecule has 0 saturated carbocycles. The van der Waals surface area contributed by atoms with E-state index in [4.69, 9.17) is 5.73 Å². The fourth-order valence-corrected chi connectivity index (χ4v) is 0.529. The quantitative estimate of drug-likeness (QED) is 0.720. The van der Waals surface area contributed by atoms with Gasteiger partial charge in [-0.15, -0.1) is 0 Å². The van der Waals surface area contributed by atoms with Crippen molar-refractivity contribution in [2.75, 3.05) is 0 Å². The molecule has 2 N–H and O–H groups in total. The molecule has 0 aromatic heterocycles. The second kappa shape index (κ2) is 3.88. The first-order valence-electron chi connectivity index (χ1n) is 2.24. The molecule has 46 valence electrons. The Morgan fingerprint density at radius 1 is 1.62 bits per heavy atom. The van der Waals surface area contributed by atoms with Gasteiger partial charge in [0, 0.05) is 6.42 Å². The largest absolute Gasteiger partial charge is 0.370 e. The Hall–Kier alpha value is -0.0600. The second-order valence-electron chi connectivity index (χ2n) is 1.48. The summed E-state index contributed by atoms with van der Waals surface area (Å²) < 4.78 is 0.974. The highest BCUT2D eigenvalue weighted by Gasteiger charge is 1.92. The van der Waals surface area contributed by atoms with Crippen LogP contribution in [0.2, 0.25) is 0 Å². The van der Waals surface area contributed by atoms with Crippen molar-refractivity contribution in [2.45, 2.75) is 12.8 Å². The molecule has 0 radical (unpaired) electrons. The molecule has 0 aromatic carbocycles. The molecule has 3 heteroatoms. The SMILES string of the molecule is C=C(I)CCC(N)=O. The summed E-state index contributed by atoms with van der Waals surface area (Å²) in [5.41, 5.74) is 4.86. The summed E-state index contributed by atoms with van der Waals surface area (Å²) in [6.45, 7) is 3.61. The molecule has 0 aliphatic rings. The van der Waals surface area contributed by atoms with Crippen molar-refractivity contribution in [1.29, 1.82) is 0 Å². The number of nitrogens with two attached hydrogens (primary N) is 1. The van der Waals surface area contributed by atoms with Crippen LogP contribution in [0.15, 0.2) is 10.2 Å². The van der Waals surface area contributed by atoms with Gasteiger partial charge in [-0.25, -0.2) is 0 Å². The fraction of sp³-hybridized carbons (Fsp3) is 0.400. The van der Waals surface area contributed by atoms with Gasteiger partial charge < -0.3 is 5.73 Å². The topological polar surface area (TPSA) is 43.1 Å². The Morgan fingerprint density at radius 3 is 2.25 bits per heavy atom. The molecular weight excluding hydrogens is 217 g/mol. The van der Waals surface area contributed by atoms with Crippen LogP contribution in [0.3, 0.4) is 0 Å². The molecule has 0 spiro atoms. The number of amides is 1. The van der Waals surface area contributed by atoms with Crippen LogP contribution < -0.4 is 5.73 Å². The monoisotopic (exact) mass is 225 g/mol. The number of rotatable bonds is 3. The summed E-state index contributed by atoms with van der Waals surface area (Å²) in [7, 11) is 0. The normalized spacial score (nSPS) is 8.62. The summed E-state index contributed by atoms with van der Waals surface area (Å²) >= 11 is 2.07. The predicted molar refractivity (Wildman–Crippen MR) is 41.6 cm³/mol. The van der Waals surface area contributed by atoms with Crippen LogP contribution in [-0.2, 0) is 4.79 Å². The zero-order chi connectivity index (χ0) is 6.57. The van der Waals surface area contributed by atoms with Crippen LogP contribution in [0.25, 0.3) is 0 Å². The number of allylic oxidation sites excluding steroid dienone is 1. The molecule has 0 unspecified atom stereocenters. The van der Waals surface area contributed by atoms with Crippen LogP contribution in [-0.4, -0.2) is 5.91 Å². The highest BCUT2D eigenvalue weighted by Crippen LogP contribution is 2.08. The zero-order valence-corrected chi connectivity index (χ0v) is 6.64. The van der Waals surface area contributed by atoms with Crippen LogP contribution in [0.4, 0.5) is 0 Å². The first kappa shape index (κ1) is 7.94. The molecule has 0 atom stereocenters. The maximum absolute atomic E-state index is 10.1. The number of hydrogen-bond acceptors (Lipinski definition) is 1. The van der Waals surface area contributed by atoms with E-state index >= 15 is 0 Å². The Kier molecular flexibility index (Phi) is 3.85. The lowest BCUT2D eigenvalue weighted by Crippen LogP contribution is -2.09. The molecule has 8 heavy (non-hydrogen) atoms. The molecule has 2 nitrogen and oxygen atoms in total. The third kappa shape index (κ3) is 5.94. The van der Waals surface area contributed by atoms with Gasteiger partial charge in [-0.05, 0) is 32.6 Å². The fourth-order valence-electron chi connectivity index (χ4n) is 0.259. The number of halogens is 1. The first-order valence-corrected chi connectivity index (χ1v) is 3.32. The maximum atomic E-state index is 10.1. The second-order valence-corrected chi connectivity index (χ2v) is 3.01. The molecule has 0 rings (SSSR count). The molecule has 0 aliphatic carbocycles. The highest BCUT2D eigenvalue weighted by atomic mass is 127. The molecule has 0 saturated heterocycles. The van der Waals surface area contributed by atoms with Crippen LogP contribution >= 0.6 is 22.6 Å². The molecule has 0 aliphatic heterocycles. The van der Waals surface area contributed by atoms with Crippen molar-refractivity contribution in [1.82, 2.24) is 0 Å². The number of carbonyl (C=O) groups excluding carboxylic acids is 1. The summed E-state index contributed by atoms with van der Waals surface area (Å²) in [6.07, 6.45) is 1.12. The Labute approximate surface area is 62.3 Å². The van der Waals surface area contributed by atoms with Gasteiger partial charge in [0.25, 0.3) is 0 Å². The molecule has 0 fully saturated rings. The van der Waals surface area contributed by atoms with E-state index in [1.807, 2.05) is 0 Å². The van der Waals surface area contributed by atoms with Gasteiger partial charge in [-0.1, -0.05) is 6.58 Å². The standard InChI is InChI=1S/C5H8INO/c1-4(6)2-3-5(7)8/h1-3H2,(H2,7,8). The summed E-state index contributed by atoms with van der Waals surface area (Å²) in [5.74, 6) is -0.261. The van der Waals surface area contributed by atoms with Gasteiger partial charge in [-0.2, -0.15) is 0 Å². The minimum atomic E-state index is -0.261. The number of carbonyl (C=O) groups is 1. The lowest BCUT2D eigenvalue weighted by Gasteiger charge is -1.90. The van der Waals surface area contributed by atoms with E-state index in [1.165, 1.54) is 0 Å². The van der Waals surface area contributed by atoms with E-state index in [0.29, 0.717) is 12.8 Å². The molecular formula is C5H8INO. The van der Waals surface area contributed by atoms with Crippen molar-refractivity contribution in [3.8, 4) is 0 Å². The summed E-state index contributed by atoms with van der Waals surface area (Å²) in [6, 6.07) is 0. The third-order valence-corrected chi connectivity index (χ3v) is 1.18. The van der Waals surface area contributed by atoms with Gasteiger partial charge in [0.1, 0.15) is 0 Å². The maximum Gasteiger partial charge on any atom is 0.217 e. The summed E-state index contributed by atoms with van der Waals surface area (Å²) in [4.78, 5) is 10.1. The van der Waals surface area contributed by atoms with Crippen molar-refractivity contribution >= 4 is 28.5 Å². The van der Waals surface area contributed by atoms with Crippen molar-refractivity contribution in [3.05, 3.63) is 10.2 Å². The lowest BCUT2D eigenvalue weighted by molar-refractivity contribution is -0.117. The van der Waals surface area contributed by atoms with Gasteiger partial charge in [0.15, 0.2) is 0 Å². The Bertz CT molecular complexity index is 97.0. The van der Waals surface area contributed by atoms with Crippen LogP contribution in [0.5, 0.6) is 0 Å². The van der Waals surface area contributed by atoms with Gasteiger partial charge in [0.05, 0.1) is 0 Å². The van der Waals surface area contributed by atoms with E-state index in [9.17, 15) is 4.79 Å². The van der Waals surface area contributed by atoms with E-state index in [-0.39, 0.29) is 5.91 Å². The lowest BCUT2D eigenvalue weighted by atomic mass is 10.3. The van der Waals surface area contributed by atoms with Crippen molar-refractivity contribution in [2.24, 2.45) is 5.73 Å². The van der Waals surface area contributed by atoms with Crippen LogP contribution in [0, 0.1) is 0 Å². The first-order chi connectivity index (χ1) is 3.63. The third-order valence-electron chi connectivity index (χ3n) is 0.643. The van der Waals surface area contributed by atoms with Crippen molar-refractivity contribution in [3.63, 3.8) is 0 Å². The molecule has 0 heterocycles. The van der Waals surface area contributed by atoms with E-state index < -0.39 is 0 Å². The highest BCUT2D eigenvalue weighted by molar-refractivity contribution is 14.1. The minimum Gasteiger partial charge on any atom is -0.370 e.